The number of phenolic OH excluding ortho intramolecular Hbond substituents is 1. The number of unbranched alkanes of at least 4 members (excludes halogenated alkanes) is 2. The maximum absolute atomic E-state index is 13.8. The Balaban J connectivity index is 1.85. The molecular formula is C34H53N3O9. The summed E-state index contributed by atoms with van der Waals surface area (Å²) in [6.07, 6.45) is 7.55. The second kappa shape index (κ2) is 17.3. The summed E-state index contributed by atoms with van der Waals surface area (Å²) in [5.74, 6) is -2.05. The third-order valence-electron chi connectivity index (χ3n) is 9.42. The molecule has 1 fully saturated rings. The third kappa shape index (κ3) is 7.96. The number of urea groups is 1. The average molecular weight is 648 g/mol. The number of aliphatic hydroxyl groups is 4. The van der Waals surface area contributed by atoms with Crippen LogP contribution in [0.2, 0.25) is 0 Å². The number of aromatic hydroxyl groups is 1. The first kappa shape index (κ1) is 35.9. The standard InChI is InChI=1S/C34H53N3O9/c1-3-14-37(33(42)35-13-18-44-19-17-40)30-22-28(36-45-4-2)26-20-23(9-5-7-15-38)25(10-6-8-16-39)31-27-21-24(41)11-12-29(27)46-34(30,43)32(26)31/h11-12,20-21,23,25,30-32,38-41,43H,3-10,13-19,22H2,1-2H3,(H,35,42). The van der Waals surface area contributed by atoms with Gasteiger partial charge in [-0.2, -0.15) is 0 Å². The van der Waals surface area contributed by atoms with Gasteiger partial charge in [-0.3, -0.25) is 0 Å². The van der Waals surface area contributed by atoms with Crippen LogP contribution >= 0.6 is 0 Å². The first-order chi connectivity index (χ1) is 22.3. The average Bonchev–Trinajstić information content (AvgIpc) is 3.04. The van der Waals surface area contributed by atoms with E-state index in [0.29, 0.717) is 43.9 Å². The summed E-state index contributed by atoms with van der Waals surface area (Å²) < 4.78 is 11.9. The molecule has 2 amide bonds. The van der Waals surface area contributed by atoms with Gasteiger partial charge in [0.1, 0.15) is 24.1 Å². The molecular weight excluding hydrogens is 594 g/mol. The highest BCUT2D eigenvalue weighted by molar-refractivity contribution is 6.03. The summed E-state index contributed by atoms with van der Waals surface area (Å²) in [7, 11) is 0. The molecule has 6 atom stereocenters. The van der Waals surface area contributed by atoms with Crippen molar-refractivity contribution in [1.29, 1.82) is 0 Å². The number of allylic oxidation sites excluding steroid dienone is 1. The van der Waals surface area contributed by atoms with Gasteiger partial charge in [-0.25, -0.2) is 4.79 Å². The Kier molecular flexibility index (Phi) is 13.5. The number of nitrogens with one attached hydrogen (secondary N) is 1. The van der Waals surface area contributed by atoms with Gasteiger partial charge in [0, 0.05) is 44.2 Å². The van der Waals surface area contributed by atoms with Crippen LogP contribution in [-0.2, 0) is 9.57 Å². The quantitative estimate of drug-likeness (QED) is 0.103. The highest BCUT2D eigenvalue weighted by Crippen LogP contribution is 2.60. The van der Waals surface area contributed by atoms with Gasteiger partial charge in [0.05, 0.1) is 31.5 Å². The van der Waals surface area contributed by atoms with E-state index in [1.807, 2.05) is 13.8 Å². The van der Waals surface area contributed by atoms with Crippen molar-refractivity contribution in [3.05, 3.63) is 35.4 Å². The Hall–Kier alpha value is -2.90. The van der Waals surface area contributed by atoms with E-state index in [1.165, 1.54) is 0 Å². The number of amides is 2. The van der Waals surface area contributed by atoms with Gasteiger partial charge in [-0.05, 0) is 74.6 Å². The zero-order chi connectivity index (χ0) is 33.1. The fraction of sp³-hybridized carbons (Fsp3) is 0.706. The lowest BCUT2D eigenvalue weighted by Crippen LogP contribution is -2.69. The van der Waals surface area contributed by atoms with Crippen LogP contribution in [0.4, 0.5) is 4.79 Å². The number of hydrogen-bond acceptors (Lipinski definition) is 10. The summed E-state index contributed by atoms with van der Waals surface area (Å²) in [6, 6.07) is 3.76. The number of rotatable bonds is 18. The smallest absolute Gasteiger partial charge is 0.317 e. The second-order valence-corrected chi connectivity index (χ2v) is 12.4. The molecule has 6 unspecified atom stereocenters. The predicted octanol–water partition coefficient (Wildman–Crippen LogP) is 3.27. The van der Waals surface area contributed by atoms with Crippen molar-refractivity contribution in [2.75, 3.05) is 52.7 Å². The van der Waals surface area contributed by atoms with Crippen LogP contribution in [0.25, 0.3) is 0 Å². The van der Waals surface area contributed by atoms with Crippen LogP contribution in [0, 0.1) is 17.8 Å². The number of benzene rings is 1. The molecule has 0 saturated heterocycles. The number of oxime groups is 1. The predicted molar refractivity (Wildman–Crippen MR) is 173 cm³/mol. The van der Waals surface area contributed by atoms with Crippen molar-refractivity contribution in [2.24, 2.45) is 22.9 Å². The highest BCUT2D eigenvalue weighted by Gasteiger charge is 2.64. The van der Waals surface area contributed by atoms with Crippen molar-refractivity contribution >= 4 is 11.7 Å². The van der Waals surface area contributed by atoms with Gasteiger partial charge in [-0.15, -0.1) is 0 Å². The Labute approximate surface area is 272 Å². The lowest BCUT2D eigenvalue weighted by Gasteiger charge is -2.58. The van der Waals surface area contributed by atoms with E-state index in [9.17, 15) is 25.2 Å². The van der Waals surface area contributed by atoms with Crippen molar-refractivity contribution in [1.82, 2.24) is 10.2 Å². The molecule has 1 saturated carbocycles. The molecule has 0 bridgehead atoms. The number of hydrogen-bond donors (Lipinski definition) is 6. The Morgan fingerprint density at radius 3 is 2.54 bits per heavy atom. The molecule has 1 aromatic carbocycles. The zero-order valence-electron chi connectivity index (χ0n) is 27.3. The van der Waals surface area contributed by atoms with Gasteiger partial charge in [0.15, 0.2) is 0 Å². The SMILES string of the molecule is CCCN(C(=O)NCCOCCO)C1CC(=NOCC)C2=CC(CCCCO)C(CCCCO)C3c4cc(O)ccc4OC1(O)C23. The zero-order valence-corrected chi connectivity index (χ0v) is 27.3. The van der Waals surface area contributed by atoms with Crippen LogP contribution in [0.1, 0.15) is 76.7 Å². The number of fused-ring (bicyclic) bond motifs is 2. The molecule has 0 spiro atoms. The fourth-order valence-electron chi connectivity index (χ4n) is 7.56. The molecule has 0 radical (unpaired) electrons. The van der Waals surface area contributed by atoms with Crippen molar-refractivity contribution in [2.45, 2.75) is 83.0 Å². The minimum Gasteiger partial charge on any atom is -0.508 e. The molecule has 1 aromatic rings. The molecule has 1 heterocycles. The summed E-state index contributed by atoms with van der Waals surface area (Å²) in [5.41, 5.74) is 2.28. The molecule has 4 rings (SSSR count). The largest absolute Gasteiger partial charge is 0.508 e. The van der Waals surface area contributed by atoms with E-state index in [4.69, 9.17) is 19.4 Å². The summed E-state index contributed by atoms with van der Waals surface area (Å²) in [5, 5.41) is 59.2. The topological polar surface area (TPSA) is 174 Å². The third-order valence-corrected chi connectivity index (χ3v) is 9.42. The van der Waals surface area contributed by atoms with E-state index in [2.05, 4.69) is 16.5 Å². The number of phenols is 1. The van der Waals surface area contributed by atoms with E-state index in [0.717, 1.165) is 36.8 Å². The maximum atomic E-state index is 13.8. The Bertz CT molecular complexity index is 1190. The number of ether oxygens (including phenoxy) is 2. The Morgan fingerprint density at radius 1 is 1.09 bits per heavy atom. The molecule has 0 aromatic heterocycles. The van der Waals surface area contributed by atoms with Crippen molar-refractivity contribution < 1.29 is 44.6 Å². The lowest BCUT2D eigenvalue weighted by molar-refractivity contribution is -0.228. The molecule has 258 valence electrons. The first-order valence-electron chi connectivity index (χ1n) is 16.9. The van der Waals surface area contributed by atoms with Gasteiger partial charge >= 0.3 is 6.03 Å². The second-order valence-electron chi connectivity index (χ2n) is 12.4. The van der Waals surface area contributed by atoms with Crippen molar-refractivity contribution in [3.63, 3.8) is 0 Å². The number of nitrogens with zero attached hydrogens (tertiary/aromatic N) is 2. The van der Waals surface area contributed by atoms with E-state index >= 15 is 0 Å². The molecule has 12 heteroatoms. The van der Waals surface area contributed by atoms with Crippen molar-refractivity contribution in [3.8, 4) is 11.5 Å². The Morgan fingerprint density at radius 2 is 1.85 bits per heavy atom. The van der Waals surface area contributed by atoms with Gasteiger partial charge in [0.25, 0.3) is 0 Å². The normalized spacial score (nSPS) is 27.3. The van der Waals surface area contributed by atoms with Crippen LogP contribution in [0.15, 0.2) is 35.0 Å². The van der Waals surface area contributed by atoms with Gasteiger partial charge < -0.3 is 50.1 Å². The van der Waals surface area contributed by atoms with E-state index < -0.39 is 17.7 Å². The number of carbonyl (C=O) groups excluding carboxylic acids is 1. The lowest BCUT2D eigenvalue weighted by atomic mass is 9.55. The maximum Gasteiger partial charge on any atom is 0.317 e. The number of carbonyl (C=O) groups is 1. The van der Waals surface area contributed by atoms with Crippen LogP contribution in [0.5, 0.6) is 11.5 Å². The first-order valence-corrected chi connectivity index (χ1v) is 16.9. The summed E-state index contributed by atoms with van der Waals surface area (Å²) in [4.78, 5) is 21.0. The summed E-state index contributed by atoms with van der Waals surface area (Å²) >= 11 is 0. The fourth-order valence-corrected chi connectivity index (χ4v) is 7.56. The van der Waals surface area contributed by atoms with Crippen LogP contribution < -0.4 is 10.1 Å². The van der Waals surface area contributed by atoms with Gasteiger partial charge in [-0.1, -0.05) is 31.0 Å². The molecule has 1 aliphatic heterocycles. The monoisotopic (exact) mass is 647 g/mol. The van der Waals surface area contributed by atoms with Gasteiger partial charge in [0.2, 0.25) is 5.79 Å². The molecule has 12 nitrogen and oxygen atoms in total. The summed E-state index contributed by atoms with van der Waals surface area (Å²) in [6.45, 7) is 5.25. The molecule has 6 N–H and O–H groups in total. The highest BCUT2D eigenvalue weighted by atomic mass is 16.6. The van der Waals surface area contributed by atoms with E-state index in [1.54, 1.807) is 23.1 Å². The van der Waals surface area contributed by atoms with Crippen LogP contribution in [-0.4, -0.2) is 107 Å². The van der Waals surface area contributed by atoms with Crippen LogP contribution in [0.3, 0.4) is 0 Å². The molecule has 46 heavy (non-hydrogen) atoms. The van der Waals surface area contributed by atoms with E-state index in [-0.39, 0.29) is 75.5 Å². The number of aliphatic hydroxyl groups excluding tert-OH is 3. The molecule has 3 aliphatic rings. The minimum absolute atomic E-state index is 0.0270. The molecule has 2 aliphatic carbocycles. The minimum atomic E-state index is -1.82.